The number of benzene rings is 2. The number of nitrogens with two attached hydrogens (primary N) is 3. The van der Waals surface area contributed by atoms with Gasteiger partial charge in [-0.2, -0.15) is 10.2 Å². The third-order valence-electron chi connectivity index (χ3n) is 12.4. The molecule has 0 saturated carbocycles. The number of nitrogens with zero attached hydrogens (tertiary/aromatic N) is 6. The first kappa shape index (κ1) is 52.8. The molecule has 0 aliphatic carbocycles. The van der Waals surface area contributed by atoms with E-state index in [0.29, 0.717) is 47.5 Å². The van der Waals surface area contributed by atoms with Crippen LogP contribution in [0, 0.1) is 0 Å². The third kappa shape index (κ3) is 17.2. The minimum absolute atomic E-state index is 0.0781. The molecule has 0 spiro atoms. The van der Waals surface area contributed by atoms with Gasteiger partial charge in [-0.3, -0.25) is 28.5 Å². The molecule has 4 aromatic rings. The zero-order valence-corrected chi connectivity index (χ0v) is 45.9. The molecule has 75 heavy (non-hydrogen) atoms. The van der Waals surface area contributed by atoms with Crippen LogP contribution in [0.4, 0.5) is 11.4 Å². The summed E-state index contributed by atoms with van der Waals surface area (Å²) < 4.78 is 111. The van der Waals surface area contributed by atoms with Crippen LogP contribution in [-0.2, 0) is 45.9 Å². The molecule has 0 bridgehead atoms. The van der Waals surface area contributed by atoms with E-state index in [4.69, 9.17) is 45.6 Å². The number of ether oxygens (including phenoxy) is 2. The molecule has 2 unspecified atom stereocenters. The average Bonchev–Trinajstić information content (AvgIpc) is 4.42. The summed E-state index contributed by atoms with van der Waals surface area (Å²) in [6.45, 7) is 5.56. The fourth-order valence-electron chi connectivity index (χ4n) is 8.52. The molecule has 2 fully saturated rings. The molecule has 2 atom stereocenters. The number of rotatable bonds is 24. The number of primary amides is 2. The van der Waals surface area contributed by atoms with Crippen molar-refractivity contribution in [3.63, 3.8) is 0 Å². The Morgan fingerprint density at radius 2 is 1.15 bits per heavy atom. The molecule has 6 rings (SSSR count). The van der Waals surface area contributed by atoms with E-state index in [0.717, 1.165) is 38.0 Å². The highest BCUT2D eigenvalue weighted by molar-refractivity contribution is 8.13. The van der Waals surface area contributed by atoms with E-state index in [9.17, 15) is 36.0 Å². The molecular formula is C50H77ClN12O10S2. The van der Waals surface area contributed by atoms with Crippen molar-refractivity contribution in [2.45, 2.75) is 127 Å². The normalized spacial score (nSPS) is 17.4. The molecule has 2 aliphatic rings. The standard InChI is InChI=1S/C25H38N6O5S.C18H23ClN4O5S.C7H16N2/c1-5-8-20-22(23(24(26)32)31(4)29-20)28-25(33)19-16-18(10-11-21(19)36-15-6-2)37(34,35)27-13-12-17-9-7-14-30(17)3;1-4-6-13-15(16(17(20)24)23(3)22-13)21-18(25)12-10-11(29(19,26)27)7-8-14(12)28-9-5-2;1-9-6-2-3-7(9)4-5-8/h10-11,16-17,27H,5-9,12-15H2,1-4H3,(H2,26,32)(H,28,33);7-8,10H,4-6,9H2,1-3H3,(H2,20,24)(H,21,25);7H,2-6,8H2,1H3/i4D3;3D3;. The number of aromatic nitrogens is 4. The summed E-state index contributed by atoms with van der Waals surface area (Å²) in [5.74, 6) is -3.65. The number of amides is 4. The highest BCUT2D eigenvalue weighted by atomic mass is 35.7. The number of carbonyl (C=O) groups excluding carboxylic acids is 4. The van der Waals surface area contributed by atoms with Crippen LogP contribution in [0.1, 0.15) is 153 Å². The van der Waals surface area contributed by atoms with Gasteiger partial charge < -0.3 is 47.1 Å². The van der Waals surface area contributed by atoms with Crippen molar-refractivity contribution in [1.82, 2.24) is 34.1 Å². The van der Waals surface area contributed by atoms with Crippen LogP contribution < -0.4 is 42.0 Å². The van der Waals surface area contributed by atoms with Gasteiger partial charge in [-0.15, -0.1) is 0 Å². The number of nitrogens with one attached hydrogen (secondary N) is 3. The molecule has 2 saturated heterocycles. The van der Waals surface area contributed by atoms with Gasteiger partial charge in [0.05, 0.1) is 56.9 Å². The minimum Gasteiger partial charge on any atom is -0.493 e. The summed E-state index contributed by atoms with van der Waals surface area (Å²) in [6.07, 6.45) is 9.47. The number of carbonyl (C=O) groups is 4. The maximum absolute atomic E-state index is 13.5. The monoisotopic (exact) mass is 1110 g/mol. The van der Waals surface area contributed by atoms with E-state index in [1.807, 2.05) is 27.8 Å². The SMILES string of the molecule is CN1CCCC1CCN.[2H]C([2H])([2H])n1nc(CCC)c(NC(=O)c2cc(S(=O)(=O)Cl)ccc2OCCC)c1C(N)=O.[2H]C([2H])([2H])n1nc(CCC)c(NC(=O)c2cc(S(=O)(=O)NCCC3CCCN3C)ccc2OCCC)c1C(N)=O. The molecule has 2 aromatic heterocycles. The van der Waals surface area contributed by atoms with Crippen LogP contribution in [0.2, 0.25) is 0 Å². The Morgan fingerprint density at radius 1 is 0.707 bits per heavy atom. The van der Waals surface area contributed by atoms with Crippen molar-refractivity contribution in [2.75, 3.05) is 64.1 Å². The fourth-order valence-corrected chi connectivity index (χ4v) is 10.4. The van der Waals surface area contributed by atoms with E-state index in [-0.39, 0.29) is 87.8 Å². The lowest BCUT2D eigenvalue weighted by Crippen LogP contribution is -2.32. The van der Waals surface area contributed by atoms with Crippen molar-refractivity contribution in [2.24, 2.45) is 31.2 Å². The van der Waals surface area contributed by atoms with Gasteiger partial charge in [0.2, 0.25) is 10.0 Å². The van der Waals surface area contributed by atoms with Gasteiger partial charge in [0, 0.05) is 51.5 Å². The summed E-state index contributed by atoms with van der Waals surface area (Å²) in [7, 11) is 1.50. The van der Waals surface area contributed by atoms with Crippen LogP contribution in [0.5, 0.6) is 11.5 Å². The van der Waals surface area contributed by atoms with Crippen molar-refractivity contribution in [3.05, 3.63) is 70.3 Å². The van der Waals surface area contributed by atoms with E-state index < -0.39 is 68.0 Å². The Bertz CT molecular complexity index is 3050. The molecule has 2 aliphatic heterocycles. The smallest absolute Gasteiger partial charge is 0.269 e. The van der Waals surface area contributed by atoms with E-state index >= 15 is 0 Å². The molecule has 2 aromatic carbocycles. The lowest BCUT2D eigenvalue weighted by Gasteiger charge is -2.19. The van der Waals surface area contributed by atoms with Crippen LogP contribution in [-0.4, -0.2) is 135 Å². The predicted octanol–water partition coefficient (Wildman–Crippen LogP) is 5.14. The highest BCUT2D eigenvalue weighted by Crippen LogP contribution is 2.30. The average molecular weight is 1110 g/mol. The number of anilines is 2. The molecule has 9 N–H and O–H groups in total. The highest BCUT2D eigenvalue weighted by Gasteiger charge is 2.28. The lowest BCUT2D eigenvalue weighted by molar-refractivity contribution is 0.0981. The Balaban J connectivity index is 0.000000306. The number of hydrogen-bond acceptors (Lipinski definition) is 15. The number of hydrogen-bond donors (Lipinski definition) is 6. The minimum atomic E-state index is -4.15. The molecule has 4 amide bonds. The summed E-state index contributed by atoms with van der Waals surface area (Å²) >= 11 is 0. The van der Waals surface area contributed by atoms with Crippen LogP contribution >= 0.6 is 10.7 Å². The Kier molecular flexibility index (Phi) is 20.4. The summed E-state index contributed by atoms with van der Waals surface area (Å²) in [5.41, 5.74) is 15.1. The van der Waals surface area contributed by atoms with Gasteiger partial charge in [0.1, 0.15) is 22.9 Å². The second-order valence-corrected chi connectivity index (χ2v) is 22.4. The van der Waals surface area contributed by atoms with Crippen LogP contribution in [0.3, 0.4) is 0 Å². The third-order valence-corrected chi connectivity index (χ3v) is 15.2. The summed E-state index contributed by atoms with van der Waals surface area (Å²) in [6, 6.07) is 8.55. The number of halogens is 1. The fraction of sp³-hybridized carbons (Fsp3) is 0.560. The van der Waals surface area contributed by atoms with Gasteiger partial charge >= 0.3 is 0 Å². The molecular weight excluding hydrogens is 1030 g/mol. The summed E-state index contributed by atoms with van der Waals surface area (Å²) in [4.78, 5) is 55.1. The number of aryl methyl sites for hydroxylation is 4. The van der Waals surface area contributed by atoms with Crippen molar-refractivity contribution < 1.29 is 53.7 Å². The first-order valence-corrected chi connectivity index (χ1v) is 28.8. The largest absolute Gasteiger partial charge is 0.493 e. The maximum atomic E-state index is 13.5. The predicted molar refractivity (Wildman–Crippen MR) is 290 cm³/mol. The molecule has 0 radical (unpaired) electrons. The van der Waals surface area contributed by atoms with Crippen molar-refractivity contribution in [1.29, 1.82) is 0 Å². The Morgan fingerprint density at radius 3 is 1.52 bits per heavy atom. The maximum Gasteiger partial charge on any atom is 0.269 e. The van der Waals surface area contributed by atoms with Gasteiger partial charge in [0.25, 0.3) is 32.7 Å². The van der Waals surface area contributed by atoms with Crippen LogP contribution in [0.25, 0.3) is 0 Å². The molecule has 416 valence electrons. The first-order valence-electron chi connectivity index (χ1n) is 28.0. The van der Waals surface area contributed by atoms with Crippen LogP contribution in [0.15, 0.2) is 46.2 Å². The second kappa shape index (κ2) is 29.0. The molecule has 4 heterocycles. The quantitative estimate of drug-likeness (QED) is 0.0495. The van der Waals surface area contributed by atoms with Crippen molar-refractivity contribution in [3.8, 4) is 11.5 Å². The van der Waals surface area contributed by atoms with Gasteiger partial charge in [-0.25, -0.2) is 21.6 Å². The molecule has 25 heteroatoms. The number of likely N-dealkylation sites (tertiary alicyclic amines) is 2. The van der Waals surface area contributed by atoms with Gasteiger partial charge in [0.15, 0.2) is 0 Å². The summed E-state index contributed by atoms with van der Waals surface area (Å²) in [5, 5.41) is 13.0. The Labute approximate surface area is 454 Å². The van der Waals surface area contributed by atoms with E-state index in [1.54, 1.807) is 6.92 Å². The lowest BCUT2D eigenvalue weighted by atomic mass is 10.1. The zero-order chi connectivity index (χ0) is 60.6. The topological polar surface area (TPSA) is 311 Å². The first-order chi connectivity index (χ1) is 37.9. The Hall–Kier alpha value is -5.63. The second-order valence-electron chi connectivity index (χ2n) is 18.1. The van der Waals surface area contributed by atoms with Gasteiger partial charge in [-0.1, -0.05) is 40.5 Å². The van der Waals surface area contributed by atoms with E-state index in [2.05, 4.69) is 42.4 Å². The van der Waals surface area contributed by atoms with Gasteiger partial charge in [-0.05, 0) is 134 Å². The van der Waals surface area contributed by atoms with Crippen molar-refractivity contribution >= 4 is 64.8 Å². The van der Waals surface area contributed by atoms with E-state index in [1.165, 1.54) is 56.1 Å². The molecule has 22 nitrogen and oxygen atoms in total. The zero-order valence-electron chi connectivity index (χ0n) is 49.5. The number of sulfonamides is 1.